The van der Waals surface area contributed by atoms with Crippen LogP contribution in [0.2, 0.25) is 0 Å². The van der Waals surface area contributed by atoms with Gasteiger partial charge in [-0.1, -0.05) is 26.0 Å². The number of rotatable bonds is 7. The van der Waals surface area contributed by atoms with Gasteiger partial charge in [-0.3, -0.25) is 14.0 Å². The van der Waals surface area contributed by atoms with E-state index in [1.807, 2.05) is 29.2 Å². The zero-order chi connectivity index (χ0) is 22.7. The molecule has 3 aliphatic heterocycles. The zero-order valence-corrected chi connectivity index (χ0v) is 19.6. The van der Waals surface area contributed by atoms with Crippen molar-refractivity contribution in [3.8, 4) is 0 Å². The van der Waals surface area contributed by atoms with Gasteiger partial charge in [0.2, 0.25) is 5.96 Å². The number of nitrogens with zero attached hydrogens (tertiary/aromatic N) is 5. The molecule has 0 spiro atoms. The van der Waals surface area contributed by atoms with Crippen molar-refractivity contribution in [2.45, 2.75) is 43.4 Å². The van der Waals surface area contributed by atoms with Crippen molar-refractivity contribution in [2.75, 3.05) is 32.7 Å². The molecular formula is C23H32N6O2S. The van der Waals surface area contributed by atoms with Crippen LogP contribution in [0.25, 0.3) is 0 Å². The summed E-state index contributed by atoms with van der Waals surface area (Å²) in [5.74, 6) is 7.05. The highest BCUT2D eigenvalue weighted by molar-refractivity contribution is 7.85. The van der Waals surface area contributed by atoms with Crippen LogP contribution >= 0.6 is 0 Å². The third-order valence-corrected chi connectivity index (χ3v) is 7.76. The molecule has 0 radical (unpaired) electrons. The highest BCUT2D eigenvalue weighted by Crippen LogP contribution is 2.22. The van der Waals surface area contributed by atoms with Crippen LogP contribution in [0, 0.1) is 5.92 Å². The largest absolute Gasteiger partial charge is 0.315 e. The molecule has 1 saturated heterocycles. The number of nitrogens with two attached hydrogens (primary N) is 1. The van der Waals surface area contributed by atoms with E-state index in [1.54, 1.807) is 6.20 Å². The molecule has 3 heterocycles. The molecule has 1 unspecified atom stereocenters. The van der Waals surface area contributed by atoms with Crippen LogP contribution in [0.15, 0.2) is 50.9 Å². The fourth-order valence-electron chi connectivity index (χ4n) is 4.30. The van der Waals surface area contributed by atoms with Crippen molar-refractivity contribution in [1.29, 1.82) is 0 Å². The molecule has 0 saturated carbocycles. The molecule has 3 aliphatic rings. The number of aliphatic imine (C=N–C) groups is 2. The lowest BCUT2D eigenvalue weighted by Gasteiger charge is -2.32. The molecule has 0 bridgehead atoms. The van der Waals surface area contributed by atoms with Gasteiger partial charge in [0.05, 0.1) is 29.5 Å². The average Bonchev–Trinajstić information content (AvgIpc) is 3.26. The van der Waals surface area contributed by atoms with E-state index in [0.717, 1.165) is 49.5 Å². The first kappa shape index (κ1) is 22.8. The van der Waals surface area contributed by atoms with E-state index in [4.69, 9.17) is 5.84 Å². The van der Waals surface area contributed by atoms with E-state index in [2.05, 4.69) is 28.7 Å². The Hall–Kier alpha value is -2.36. The van der Waals surface area contributed by atoms with E-state index in [0.29, 0.717) is 24.0 Å². The summed E-state index contributed by atoms with van der Waals surface area (Å²) >= 11 is 0. The second-order valence-electron chi connectivity index (χ2n) is 8.99. The van der Waals surface area contributed by atoms with Crippen LogP contribution < -0.4 is 5.84 Å². The molecule has 2 N–H and O–H groups in total. The fraction of sp³-hybridized carbons (Fsp3) is 0.522. The number of hydrogen-bond donors (Lipinski definition) is 1. The molecule has 1 fully saturated rings. The first-order valence-electron chi connectivity index (χ1n) is 11.3. The van der Waals surface area contributed by atoms with Crippen LogP contribution in [0.1, 0.15) is 32.3 Å². The highest BCUT2D eigenvalue weighted by atomic mass is 32.2. The predicted octanol–water partition coefficient (Wildman–Crippen LogP) is 1.76. The summed E-state index contributed by atoms with van der Waals surface area (Å²) in [6, 6.07) is 7.61. The van der Waals surface area contributed by atoms with Gasteiger partial charge in [-0.2, -0.15) is 0 Å². The van der Waals surface area contributed by atoms with Gasteiger partial charge in [0.25, 0.3) is 5.91 Å². The molecule has 1 amide bonds. The first-order chi connectivity index (χ1) is 15.4. The van der Waals surface area contributed by atoms with Crippen LogP contribution in [0.3, 0.4) is 0 Å². The molecule has 4 rings (SSSR count). The molecule has 8 nitrogen and oxygen atoms in total. The number of guanidine groups is 1. The molecule has 0 aromatic heterocycles. The van der Waals surface area contributed by atoms with Crippen molar-refractivity contribution >= 4 is 28.9 Å². The average molecular weight is 457 g/mol. The summed E-state index contributed by atoms with van der Waals surface area (Å²) in [6.07, 6.45) is 5.19. The van der Waals surface area contributed by atoms with E-state index in [9.17, 15) is 9.00 Å². The Kier molecular flexibility index (Phi) is 7.17. The standard InChI is InChI=1S/C23H32N6O2S/c1-17(2)14-27-10-7-21(8-11-27)32(31)20-5-3-18(4-6-20)15-29(24)22(30)19-13-26-23-25-9-12-28(23)16-19/h3-6,13,16-17,21H,7-12,14-15,24H2,1-2H3. The lowest BCUT2D eigenvalue weighted by molar-refractivity contribution is -0.127. The third kappa shape index (κ3) is 5.33. The van der Waals surface area contributed by atoms with Gasteiger partial charge in [0.1, 0.15) is 0 Å². The lowest BCUT2D eigenvalue weighted by atomic mass is 10.1. The summed E-state index contributed by atoms with van der Waals surface area (Å²) < 4.78 is 13.0. The van der Waals surface area contributed by atoms with Gasteiger partial charge in [-0.15, -0.1) is 0 Å². The lowest BCUT2D eigenvalue weighted by Crippen LogP contribution is -2.40. The smallest absolute Gasteiger partial charge is 0.271 e. The Labute approximate surface area is 192 Å². The second kappa shape index (κ2) is 10.1. The van der Waals surface area contributed by atoms with Gasteiger partial charge in [-0.25, -0.2) is 15.8 Å². The molecule has 172 valence electrons. The number of carbonyl (C=O) groups is 1. The number of hydrogen-bond acceptors (Lipinski definition) is 7. The summed E-state index contributed by atoms with van der Waals surface area (Å²) in [7, 11) is -1.02. The molecule has 1 atom stereocenters. The molecule has 1 aromatic carbocycles. The van der Waals surface area contributed by atoms with Gasteiger partial charge in [0, 0.05) is 35.6 Å². The topological polar surface area (TPSA) is 94.6 Å². The summed E-state index contributed by atoms with van der Waals surface area (Å²) in [5, 5.41) is 1.39. The molecule has 32 heavy (non-hydrogen) atoms. The Balaban J connectivity index is 1.31. The van der Waals surface area contributed by atoms with Crippen molar-refractivity contribution in [3.63, 3.8) is 0 Å². The van der Waals surface area contributed by atoms with Crippen LogP contribution in [-0.4, -0.2) is 75.1 Å². The maximum Gasteiger partial charge on any atom is 0.271 e. The predicted molar refractivity (Wildman–Crippen MR) is 127 cm³/mol. The van der Waals surface area contributed by atoms with Gasteiger partial charge in [-0.05, 0) is 49.5 Å². The molecule has 0 aliphatic carbocycles. The SMILES string of the molecule is CC(C)CN1CCC(S(=O)c2ccc(CN(N)C(=O)C3=CN4CCN=C4N=C3)cc2)CC1. The number of benzene rings is 1. The maximum absolute atomic E-state index is 13.0. The van der Waals surface area contributed by atoms with Gasteiger partial charge < -0.3 is 9.80 Å². The minimum atomic E-state index is -1.02. The second-order valence-corrected chi connectivity index (χ2v) is 10.7. The minimum Gasteiger partial charge on any atom is -0.315 e. The molecular weight excluding hydrogens is 424 g/mol. The van der Waals surface area contributed by atoms with Crippen LogP contribution in [0.4, 0.5) is 0 Å². The number of fused-ring (bicyclic) bond motifs is 1. The Morgan fingerprint density at radius 1 is 1.22 bits per heavy atom. The number of carbonyl (C=O) groups excluding carboxylic acids is 1. The summed E-state index contributed by atoms with van der Waals surface area (Å²) in [6.45, 7) is 9.29. The Morgan fingerprint density at radius 3 is 2.62 bits per heavy atom. The number of piperidine rings is 1. The molecule has 1 aromatic rings. The fourth-order valence-corrected chi connectivity index (χ4v) is 5.73. The monoisotopic (exact) mass is 456 g/mol. The Bertz CT molecular complexity index is 948. The maximum atomic E-state index is 13.0. The van der Waals surface area contributed by atoms with Crippen LogP contribution in [-0.2, 0) is 22.1 Å². The quantitative estimate of drug-likeness (QED) is 0.383. The van der Waals surface area contributed by atoms with E-state index in [1.165, 1.54) is 11.2 Å². The third-order valence-electron chi connectivity index (χ3n) is 5.94. The van der Waals surface area contributed by atoms with E-state index < -0.39 is 10.8 Å². The number of amides is 1. The van der Waals surface area contributed by atoms with E-state index >= 15 is 0 Å². The molecule has 9 heteroatoms. The van der Waals surface area contributed by atoms with Crippen molar-refractivity contribution in [1.82, 2.24) is 14.8 Å². The highest BCUT2D eigenvalue weighted by Gasteiger charge is 2.26. The summed E-state index contributed by atoms with van der Waals surface area (Å²) in [4.78, 5) is 26.3. The van der Waals surface area contributed by atoms with E-state index in [-0.39, 0.29) is 17.7 Å². The van der Waals surface area contributed by atoms with Crippen molar-refractivity contribution < 1.29 is 9.00 Å². The van der Waals surface area contributed by atoms with Crippen molar-refractivity contribution in [2.24, 2.45) is 21.7 Å². The van der Waals surface area contributed by atoms with Gasteiger partial charge in [0.15, 0.2) is 0 Å². The van der Waals surface area contributed by atoms with Crippen molar-refractivity contribution in [3.05, 3.63) is 41.6 Å². The zero-order valence-electron chi connectivity index (χ0n) is 18.8. The Morgan fingerprint density at radius 2 is 1.94 bits per heavy atom. The van der Waals surface area contributed by atoms with Crippen LogP contribution in [0.5, 0.6) is 0 Å². The first-order valence-corrected chi connectivity index (χ1v) is 12.5. The van der Waals surface area contributed by atoms with Gasteiger partial charge >= 0.3 is 0 Å². The number of likely N-dealkylation sites (tertiary alicyclic amines) is 1. The minimum absolute atomic E-state index is 0.202. The summed E-state index contributed by atoms with van der Waals surface area (Å²) in [5.41, 5.74) is 1.33. The number of hydrazine groups is 1. The normalized spacial score (nSPS) is 20.2.